The quantitative estimate of drug-likeness (QED) is 0.642. The highest BCUT2D eigenvalue weighted by atomic mass is 79.9. The van der Waals surface area contributed by atoms with Crippen LogP contribution in [0.4, 0.5) is 11.4 Å². The molecule has 19 heavy (non-hydrogen) atoms. The maximum Gasteiger partial charge on any atom is 0.270 e. The lowest BCUT2D eigenvalue weighted by Gasteiger charge is -2.34. The molecule has 4 nitrogen and oxygen atoms in total. The fourth-order valence-electron chi connectivity index (χ4n) is 2.65. The summed E-state index contributed by atoms with van der Waals surface area (Å²) in [5.41, 5.74) is 1.39. The number of hydrogen-bond donors (Lipinski definition) is 1. The minimum atomic E-state index is -0.378. The molecule has 1 saturated carbocycles. The molecule has 2 rings (SSSR count). The van der Waals surface area contributed by atoms with E-state index in [2.05, 4.69) is 28.2 Å². The Bertz CT molecular complexity index is 471. The second-order valence-electron chi connectivity index (χ2n) is 5.65. The molecule has 0 unspecified atom stereocenters. The smallest absolute Gasteiger partial charge is 0.270 e. The second-order valence-corrected chi connectivity index (χ2v) is 6.50. The molecule has 0 atom stereocenters. The van der Waals surface area contributed by atoms with Gasteiger partial charge >= 0.3 is 0 Å². The predicted octanol–water partition coefficient (Wildman–Crippen LogP) is 4.74. The first kappa shape index (κ1) is 14.3. The van der Waals surface area contributed by atoms with Crippen LogP contribution in [-0.4, -0.2) is 11.5 Å². The molecule has 0 saturated heterocycles. The lowest BCUT2D eigenvalue weighted by atomic mass is 9.76. The molecule has 1 fully saturated rings. The van der Waals surface area contributed by atoms with E-state index >= 15 is 0 Å². The van der Waals surface area contributed by atoms with Gasteiger partial charge in [-0.05, 0) is 40.3 Å². The summed E-state index contributed by atoms with van der Waals surface area (Å²) in [6, 6.07) is 4.86. The molecule has 0 spiro atoms. The van der Waals surface area contributed by atoms with Crippen molar-refractivity contribution in [3.63, 3.8) is 0 Å². The van der Waals surface area contributed by atoms with Crippen LogP contribution in [0.1, 0.15) is 39.0 Å². The van der Waals surface area contributed by atoms with Crippen LogP contribution in [0.5, 0.6) is 0 Å². The number of non-ortho nitro benzene ring substituents is 1. The fourth-order valence-corrected chi connectivity index (χ4v) is 3.16. The van der Waals surface area contributed by atoms with Crippen molar-refractivity contribution in [1.29, 1.82) is 0 Å². The standard InChI is InChI=1S/C14H19BrN2O2/c1-14(7-3-2-4-8-14)10-16-13-6-5-11(17(18)19)9-12(13)15/h5-6,9,16H,2-4,7-8,10H2,1H3. The summed E-state index contributed by atoms with van der Waals surface area (Å²) < 4.78 is 0.751. The fraction of sp³-hybridized carbons (Fsp3) is 0.571. The molecule has 0 radical (unpaired) electrons. The molecule has 1 aliphatic rings. The first-order valence-electron chi connectivity index (χ1n) is 6.68. The lowest BCUT2D eigenvalue weighted by Crippen LogP contribution is -2.28. The zero-order valence-corrected chi connectivity index (χ0v) is 12.7. The largest absolute Gasteiger partial charge is 0.384 e. The van der Waals surface area contributed by atoms with Gasteiger partial charge in [0.2, 0.25) is 0 Å². The maximum atomic E-state index is 10.7. The Balaban J connectivity index is 2.01. The van der Waals surface area contributed by atoms with Gasteiger partial charge < -0.3 is 5.32 Å². The summed E-state index contributed by atoms with van der Waals surface area (Å²) in [5.74, 6) is 0. The van der Waals surface area contributed by atoms with Crippen molar-refractivity contribution in [3.8, 4) is 0 Å². The van der Waals surface area contributed by atoms with Gasteiger partial charge in [0.25, 0.3) is 5.69 Å². The van der Waals surface area contributed by atoms with Crippen LogP contribution in [0.15, 0.2) is 22.7 Å². The zero-order chi connectivity index (χ0) is 13.9. The van der Waals surface area contributed by atoms with Gasteiger partial charge in [-0.3, -0.25) is 10.1 Å². The molecule has 1 aromatic carbocycles. The number of anilines is 1. The average Bonchev–Trinajstić information content (AvgIpc) is 2.38. The van der Waals surface area contributed by atoms with E-state index in [0.717, 1.165) is 16.7 Å². The van der Waals surface area contributed by atoms with Crippen molar-refractivity contribution in [1.82, 2.24) is 0 Å². The second kappa shape index (κ2) is 5.90. The van der Waals surface area contributed by atoms with Crippen LogP contribution >= 0.6 is 15.9 Å². The summed E-state index contributed by atoms with van der Waals surface area (Å²) in [4.78, 5) is 10.3. The van der Waals surface area contributed by atoms with E-state index in [1.807, 2.05) is 0 Å². The summed E-state index contributed by atoms with van der Waals surface area (Å²) in [6.07, 6.45) is 6.46. The van der Waals surface area contributed by atoms with E-state index < -0.39 is 0 Å². The number of benzene rings is 1. The zero-order valence-electron chi connectivity index (χ0n) is 11.1. The van der Waals surface area contributed by atoms with Gasteiger partial charge in [0, 0.05) is 28.8 Å². The minimum absolute atomic E-state index is 0.112. The molecule has 1 N–H and O–H groups in total. The summed E-state index contributed by atoms with van der Waals surface area (Å²) in [5, 5.41) is 14.1. The van der Waals surface area contributed by atoms with E-state index in [1.54, 1.807) is 12.1 Å². The third-order valence-corrected chi connectivity index (χ3v) is 4.59. The molecule has 0 aliphatic heterocycles. The number of rotatable bonds is 4. The van der Waals surface area contributed by atoms with Crippen molar-refractivity contribution in [2.24, 2.45) is 5.41 Å². The number of nitro groups is 1. The number of halogens is 1. The molecular formula is C14H19BrN2O2. The molecule has 0 amide bonds. The van der Waals surface area contributed by atoms with Gasteiger partial charge in [0.1, 0.15) is 0 Å². The van der Waals surface area contributed by atoms with Gasteiger partial charge in [-0.2, -0.15) is 0 Å². The highest BCUT2D eigenvalue weighted by molar-refractivity contribution is 9.10. The monoisotopic (exact) mass is 326 g/mol. The van der Waals surface area contributed by atoms with Crippen molar-refractivity contribution in [3.05, 3.63) is 32.8 Å². The maximum absolute atomic E-state index is 10.7. The third-order valence-electron chi connectivity index (χ3n) is 3.93. The number of nitrogens with zero attached hydrogens (tertiary/aromatic N) is 1. The van der Waals surface area contributed by atoms with Gasteiger partial charge in [-0.15, -0.1) is 0 Å². The molecule has 1 aliphatic carbocycles. The van der Waals surface area contributed by atoms with E-state index in [4.69, 9.17) is 0 Å². The summed E-state index contributed by atoms with van der Waals surface area (Å²) in [6.45, 7) is 3.24. The average molecular weight is 327 g/mol. The normalized spacial score (nSPS) is 18.0. The Morgan fingerprint density at radius 3 is 2.63 bits per heavy atom. The Labute approximate surface area is 121 Å². The van der Waals surface area contributed by atoms with Gasteiger partial charge in [0.05, 0.1) is 4.92 Å². The molecular weight excluding hydrogens is 308 g/mol. The minimum Gasteiger partial charge on any atom is -0.384 e. The molecule has 5 heteroatoms. The van der Waals surface area contributed by atoms with Crippen LogP contribution < -0.4 is 5.32 Å². The Hall–Kier alpha value is -1.10. The number of nitro benzene ring substituents is 1. The summed E-state index contributed by atoms with van der Waals surface area (Å²) >= 11 is 3.39. The van der Waals surface area contributed by atoms with E-state index in [1.165, 1.54) is 38.2 Å². The van der Waals surface area contributed by atoms with Crippen molar-refractivity contribution < 1.29 is 4.92 Å². The van der Waals surface area contributed by atoms with Gasteiger partial charge in [0.15, 0.2) is 0 Å². The highest BCUT2D eigenvalue weighted by Gasteiger charge is 2.26. The van der Waals surface area contributed by atoms with Crippen molar-refractivity contribution in [2.75, 3.05) is 11.9 Å². The van der Waals surface area contributed by atoms with Crippen LogP contribution in [0.2, 0.25) is 0 Å². The van der Waals surface area contributed by atoms with Gasteiger partial charge in [-0.1, -0.05) is 26.2 Å². The predicted molar refractivity (Wildman–Crippen MR) is 80.5 cm³/mol. The lowest BCUT2D eigenvalue weighted by molar-refractivity contribution is -0.384. The number of hydrogen-bond acceptors (Lipinski definition) is 3. The Morgan fingerprint density at radius 1 is 1.37 bits per heavy atom. The first-order chi connectivity index (χ1) is 9.00. The SMILES string of the molecule is CC1(CNc2ccc([N+](=O)[O-])cc2Br)CCCCC1. The number of nitrogens with one attached hydrogen (secondary N) is 1. The van der Waals surface area contributed by atoms with Crippen LogP contribution in [0, 0.1) is 15.5 Å². The van der Waals surface area contributed by atoms with E-state index in [-0.39, 0.29) is 10.6 Å². The third kappa shape index (κ3) is 3.69. The van der Waals surface area contributed by atoms with E-state index in [9.17, 15) is 10.1 Å². The topological polar surface area (TPSA) is 55.2 Å². The van der Waals surface area contributed by atoms with Crippen LogP contribution in [-0.2, 0) is 0 Å². The van der Waals surface area contributed by atoms with Crippen LogP contribution in [0.25, 0.3) is 0 Å². The summed E-state index contributed by atoms with van der Waals surface area (Å²) in [7, 11) is 0. The van der Waals surface area contributed by atoms with Crippen molar-refractivity contribution >= 4 is 27.3 Å². The first-order valence-corrected chi connectivity index (χ1v) is 7.47. The molecule has 0 heterocycles. The molecule has 1 aromatic rings. The Kier molecular flexibility index (Phi) is 4.45. The molecule has 0 aromatic heterocycles. The molecule has 0 bridgehead atoms. The van der Waals surface area contributed by atoms with Gasteiger partial charge in [-0.25, -0.2) is 0 Å². The van der Waals surface area contributed by atoms with E-state index in [0.29, 0.717) is 5.41 Å². The molecule has 104 valence electrons. The van der Waals surface area contributed by atoms with Crippen molar-refractivity contribution in [2.45, 2.75) is 39.0 Å². The van der Waals surface area contributed by atoms with Crippen LogP contribution in [0.3, 0.4) is 0 Å². The highest BCUT2D eigenvalue weighted by Crippen LogP contribution is 2.36. The Morgan fingerprint density at radius 2 is 2.05 bits per heavy atom.